The minimum atomic E-state index is -3.34. The zero-order valence-electron chi connectivity index (χ0n) is 10.3. The number of nitrogens with one attached hydrogen (secondary N) is 2. The van der Waals surface area contributed by atoms with Gasteiger partial charge in [-0.2, -0.15) is 0 Å². The number of nitrogens with zero attached hydrogens (tertiary/aromatic N) is 1. The molecule has 0 bridgehead atoms. The van der Waals surface area contributed by atoms with Crippen LogP contribution >= 0.6 is 0 Å². The third-order valence-corrected chi connectivity index (χ3v) is 3.51. The van der Waals surface area contributed by atoms with Crippen molar-refractivity contribution in [2.24, 2.45) is 0 Å². The van der Waals surface area contributed by atoms with Gasteiger partial charge >= 0.3 is 0 Å². The molecule has 6 nitrogen and oxygen atoms in total. The highest BCUT2D eigenvalue weighted by molar-refractivity contribution is 7.89. The van der Waals surface area contributed by atoms with Gasteiger partial charge in [0.2, 0.25) is 10.0 Å². The molecule has 0 aliphatic carbocycles. The van der Waals surface area contributed by atoms with Crippen molar-refractivity contribution in [2.45, 2.75) is 32.9 Å². The highest BCUT2D eigenvalue weighted by atomic mass is 32.2. The van der Waals surface area contributed by atoms with E-state index in [1.54, 1.807) is 19.3 Å². The Morgan fingerprint density at radius 1 is 1.47 bits per heavy atom. The van der Waals surface area contributed by atoms with E-state index in [9.17, 15) is 8.42 Å². The van der Waals surface area contributed by atoms with E-state index in [1.165, 1.54) is 0 Å². The first-order valence-electron chi connectivity index (χ1n) is 5.51. The molecular formula is C10H19N3O3S. The number of aromatic amines is 1. The average Bonchev–Trinajstić information content (AvgIpc) is 2.68. The molecule has 0 aromatic carbocycles. The number of H-pyrrole nitrogens is 1. The molecule has 7 heteroatoms. The van der Waals surface area contributed by atoms with Gasteiger partial charge in [-0.1, -0.05) is 0 Å². The number of hydrogen-bond acceptors (Lipinski definition) is 4. The molecule has 1 aromatic heterocycles. The van der Waals surface area contributed by atoms with Gasteiger partial charge in [-0.15, -0.1) is 0 Å². The summed E-state index contributed by atoms with van der Waals surface area (Å²) in [6.45, 7) is 5.66. The number of sulfonamides is 1. The van der Waals surface area contributed by atoms with Crippen molar-refractivity contribution in [3.05, 3.63) is 18.2 Å². The molecule has 1 atom stereocenters. The summed E-state index contributed by atoms with van der Waals surface area (Å²) in [6, 6.07) is -0.367. The minimum absolute atomic E-state index is 0.0349. The van der Waals surface area contributed by atoms with Crippen molar-refractivity contribution in [3.63, 3.8) is 0 Å². The van der Waals surface area contributed by atoms with E-state index in [0.29, 0.717) is 5.82 Å². The number of aromatic nitrogens is 2. The Balaban J connectivity index is 2.44. The predicted molar refractivity (Wildman–Crippen MR) is 65.0 cm³/mol. The van der Waals surface area contributed by atoms with Gasteiger partial charge in [-0.3, -0.25) is 0 Å². The summed E-state index contributed by atoms with van der Waals surface area (Å²) in [4.78, 5) is 6.86. The Hall–Kier alpha value is -0.920. The molecule has 1 heterocycles. The summed E-state index contributed by atoms with van der Waals surface area (Å²) < 4.78 is 31.1. The number of imidazole rings is 1. The molecule has 0 saturated heterocycles. The molecule has 98 valence electrons. The predicted octanol–water partition coefficient (Wildman–Crippen LogP) is 0.815. The highest BCUT2D eigenvalue weighted by Crippen LogP contribution is 2.07. The van der Waals surface area contributed by atoms with Crippen LogP contribution in [0.5, 0.6) is 0 Å². The van der Waals surface area contributed by atoms with Gasteiger partial charge in [-0.05, 0) is 20.8 Å². The van der Waals surface area contributed by atoms with Crippen LogP contribution in [0, 0.1) is 0 Å². The molecule has 0 aliphatic heterocycles. The maximum atomic E-state index is 11.7. The summed E-state index contributed by atoms with van der Waals surface area (Å²) >= 11 is 0. The van der Waals surface area contributed by atoms with E-state index in [0.717, 1.165) is 0 Å². The summed E-state index contributed by atoms with van der Waals surface area (Å²) in [5, 5.41) is 0. The van der Waals surface area contributed by atoms with Crippen molar-refractivity contribution >= 4 is 10.0 Å². The van der Waals surface area contributed by atoms with E-state index >= 15 is 0 Å². The quantitative estimate of drug-likeness (QED) is 0.761. The Labute approximate surface area is 102 Å². The van der Waals surface area contributed by atoms with Gasteiger partial charge in [0.1, 0.15) is 5.82 Å². The van der Waals surface area contributed by atoms with Crippen molar-refractivity contribution in [1.82, 2.24) is 14.7 Å². The van der Waals surface area contributed by atoms with Crippen LogP contribution < -0.4 is 4.72 Å². The van der Waals surface area contributed by atoms with Crippen LogP contribution in [0.1, 0.15) is 32.6 Å². The molecule has 0 spiro atoms. The molecule has 2 N–H and O–H groups in total. The van der Waals surface area contributed by atoms with Gasteiger partial charge < -0.3 is 9.72 Å². The average molecular weight is 261 g/mol. The van der Waals surface area contributed by atoms with Crippen molar-refractivity contribution < 1.29 is 13.2 Å². The fourth-order valence-electron chi connectivity index (χ4n) is 1.29. The number of hydrogen-bond donors (Lipinski definition) is 2. The van der Waals surface area contributed by atoms with E-state index in [2.05, 4.69) is 14.7 Å². The van der Waals surface area contributed by atoms with E-state index < -0.39 is 10.0 Å². The fourth-order valence-corrected chi connectivity index (χ4v) is 2.38. The van der Waals surface area contributed by atoms with Crippen molar-refractivity contribution in [1.29, 1.82) is 0 Å². The Kier molecular flexibility index (Phi) is 5.10. The smallest absolute Gasteiger partial charge is 0.214 e. The first-order chi connectivity index (χ1) is 7.91. The maximum absolute atomic E-state index is 11.7. The van der Waals surface area contributed by atoms with Crippen molar-refractivity contribution in [3.8, 4) is 0 Å². The third kappa shape index (κ3) is 5.29. The second-order valence-electron chi connectivity index (χ2n) is 4.05. The standard InChI is InChI=1S/C10H19N3O3S/c1-8(2)16-6-7-17(14,15)13-9(3)10-11-4-5-12-10/h4-5,8-9,13H,6-7H2,1-3H3,(H,11,12). The van der Waals surface area contributed by atoms with Crippen LogP contribution in [-0.2, 0) is 14.8 Å². The first-order valence-corrected chi connectivity index (χ1v) is 7.17. The van der Waals surface area contributed by atoms with Gasteiger partial charge in [0, 0.05) is 12.4 Å². The summed E-state index contributed by atoms with van der Waals surface area (Å²) in [5.41, 5.74) is 0. The van der Waals surface area contributed by atoms with E-state index in [1.807, 2.05) is 13.8 Å². The molecule has 0 saturated carbocycles. The van der Waals surface area contributed by atoms with Crippen LogP contribution in [-0.4, -0.2) is 36.8 Å². The van der Waals surface area contributed by atoms with Crippen LogP contribution in [0.4, 0.5) is 0 Å². The molecule has 0 radical (unpaired) electrons. The SMILES string of the molecule is CC(C)OCCS(=O)(=O)NC(C)c1ncc[nH]1. The highest BCUT2D eigenvalue weighted by Gasteiger charge is 2.17. The molecule has 17 heavy (non-hydrogen) atoms. The zero-order chi connectivity index (χ0) is 12.9. The van der Waals surface area contributed by atoms with Crippen LogP contribution in [0.15, 0.2) is 12.4 Å². The molecule has 1 aromatic rings. The zero-order valence-corrected chi connectivity index (χ0v) is 11.1. The molecular weight excluding hydrogens is 242 g/mol. The fraction of sp³-hybridized carbons (Fsp3) is 0.700. The first kappa shape index (κ1) is 14.1. The monoisotopic (exact) mass is 261 g/mol. The Morgan fingerprint density at radius 2 is 2.18 bits per heavy atom. The lowest BCUT2D eigenvalue weighted by Gasteiger charge is -2.13. The molecule has 0 fully saturated rings. The van der Waals surface area contributed by atoms with Crippen LogP contribution in [0.25, 0.3) is 0 Å². The van der Waals surface area contributed by atoms with Crippen LogP contribution in [0.2, 0.25) is 0 Å². The second kappa shape index (κ2) is 6.13. The molecule has 1 rings (SSSR count). The summed E-state index contributed by atoms with van der Waals surface area (Å²) in [6.07, 6.45) is 3.27. The number of ether oxygens (including phenoxy) is 1. The largest absolute Gasteiger partial charge is 0.378 e. The second-order valence-corrected chi connectivity index (χ2v) is 5.93. The molecule has 0 aliphatic rings. The molecule has 1 unspecified atom stereocenters. The third-order valence-electron chi connectivity index (χ3n) is 2.09. The van der Waals surface area contributed by atoms with E-state index in [-0.39, 0.29) is 24.5 Å². The summed E-state index contributed by atoms with van der Waals surface area (Å²) in [5.74, 6) is 0.550. The normalized spacial score (nSPS) is 14.1. The Morgan fingerprint density at radius 3 is 2.71 bits per heavy atom. The molecule has 0 amide bonds. The summed E-state index contributed by atoms with van der Waals surface area (Å²) in [7, 11) is -3.34. The lowest BCUT2D eigenvalue weighted by atomic mass is 10.3. The lowest BCUT2D eigenvalue weighted by Crippen LogP contribution is -2.31. The lowest BCUT2D eigenvalue weighted by molar-refractivity contribution is 0.0911. The van der Waals surface area contributed by atoms with Gasteiger partial charge in [-0.25, -0.2) is 18.1 Å². The number of rotatable bonds is 7. The topological polar surface area (TPSA) is 84.1 Å². The minimum Gasteiger partial charge on any atom is -0.378 e. The van der Waals surface area contributed by atoms with Crippen LogP contribution in [0.3, 0.4) is 0 Å². The van der Waals surface area contributed by atoms with Crippen molar-refractivity contribution in [2.75, 3.05) is 12.4 Å². The van der Waals surface area contributed by atoms with Gasteiger partial charge in [0.05, 0.1) is 24.5 Å². The van der Waals surface area contributed by atoms with Gasteiger partial charge in [0.15, 0.2) is 0 Å². The maximum Gasteiger partial charge on any atom is 0.214 e. The van der Waals surface area contributed by atoms with E-state index in [4.69, 9.17) is 4.74 Å². The Bertz CT molecular complexity index is 414. The van der Waals surface area contributed by atoms with Gasteiger partial charge in [0.25, 0.3) is 0 Å².